The van der Waals surface area contributed by atoms with Gasteiger partial charge in [0.15, 0.2) is 6.10 Å². The van der Waals surface area contributed by atoms with Crippen molar-refractivity contribution in [2.45, 2.75) is 77.5 Å². The maximum Gasteiger partial charge on any atom is 0.270 e. The van der Waals surface area contributed by atoms with Gasteiger partial charge in [-0.25, -0.2) is 4.98 Å². The van der Waals surface area contributed by atoms with Crippen LogP contribution in [-0.2, 0) is 9.59 Å². The predicted molar refractivity (Wildman–Crippen MR) is 135 cm³/mol. The van der Waals surface area contributed by atoms with Crippen molar-refractivity contribution in [3.05, 3.63) is 36.3 Å². The van der Waals surface area contributed by atoms with Crippen LogP contribution in [0, 0.1) is 11.8 Å². The second-order valence-electron chi connectivity index (χ2n) is 10.2. The molecule has 10 nitrogen and oxygen atoms in total. The number of rotatable bonds is 9. The fourth-order valence-corrected chi connectivity index (χ4v) is 4.88. The SMILES string of the molecule is CC1CCC(C[C@H](NC(=O)c2ccnn2C(C)C)C(=O)Nc2cc(OC3CCNC3=O)ccn2)CC1. The van der Waals surface area contributed by atoms with Gasteiger partial charge in [0.1, 0.15) is 23.3 Å². The number of hydrogen-bond donors (Lipinski definition) is 3. The lowest BCUT2D eigenvalue weighted by Crippen LogP contribution is -2.46. The van der Waals surface area contributed by atoms with Gasteiger partial charge in [0.25, 0.3) is 11.8 Å². The van der Waals surface area contributed by atoms with Gasteiger partial charge in [0.2, 0.25) is 5.91 Å². The van der Waals surface area contributed by atoms with Crippen molar-refractivity contribution >= 4 is 23.5 Å². The van der Waals surface area contributed by atoms with E-state index in [9.17, 15) is 14.4 Å². The molecule has 1 saturated carbocycles. The van der Waals surface area contributed by atoms with E-state index in [2.05, 4.69) is 33.0 Å². The van der Waals surface area contributed by atoms with Gasteiger partial charge in [-0.3, -0.25) is 19.1 Å². The highest BCUT2D eigenvalue weighted by Gasteiger charge is 2.29. The molecule has 2 aromatic heterocycles. The van der Waals surface area contributed by atoms with E-state index in [1.165, 1.54) is 6.20 Å². The van der Waals surface area contributed by atoms with E-state index in [1.54, 1.807) is 29.1 Å². The van der Waals surface area contributed by atoms with E-state index in [1.807, 2.05) is 13.8 Å². The Morgan fingerprint density at radius 3 is 2.64 bits per heavy atom. The maximum atomic E-state index is 13.4. The fraction of sp³-hybridized carbons (Fsp3) is 0.577. The summed E-state index contributed by atoms with van der Waals surface area (Å²) in [5, 5.41) is 12.8. The molecule has 1 aliphatic carbocycles. The van der Waals surface area contributed by atoms with Gasteiger partial charge in [-0.15, -0.1) is 0 Å². The van der Waals surface area contributed by atoms with Crippen LogP contribution in [-0.4, -0.2) is 51.2 Å². The number of hydrogen-bond acceptors (Lipinski definition) is 6. The smallest absolute Gasteiger partial charge is 0.270 e. The molecular weight excluding hydrogens is 460 g/mol. The number of aromatic nitrogens is 3. The Morgan fingerprint density at radius 1 is 1.17 bits per heavy atom. The Morgan fingerprint density at radius 2 is 1.94 bits per heavy atom. The normalized spacial score (nSPS) is 22.7. The molecule has 0 radical (unpaired) electrons. The number of nitrogens with one attached hydrogen (secondary N) is 3. The first-order valence-electron chi connectivity index (χ1n) is 12.9. The molecule has 3 amide bonds. The van der Waals surface area contributed by atoms with Gasteiger partial charge in [0, 0.05) is 37.5 Å². The molecule has 4 rings (SSSR count). The standard InChI is InChI=1S/C26H36N6O4/c1-16(2)32-21(9-13-29-32)25(34)30-20(14-18-6-4-17(3)5-7-18)24(33)31-23-15-19(8-11-27-23)36-22-10-12-28-26(22)35/h8-9,11,13,15-18,20,22H,4-7,10,12,14H2,1-3H3,(H,28,35)(H,30,34)(H,27,31,33)/t17?,18?,20-,22?/m0/s1. The number of carbonyl (C=O) groups excluding carboxylic acids is 3. The monoisotopic (exact) mass is 496 g/mol. The highest BCUT2D eigenvalue weighted by Crippen LogP contribution is 2.31. The summed E-state index contributed by atoms with van der Waals surface area (Å²) in [6, 6.07) is 4.20. The van der Waals surface area contributed by atoms with Gasteiger partial charge < -0.3 is 20.7 Å². The van der Waals surface area contributed by atoms with Crippen LogP contribution in [0.5, 0.6) is 5.75 Å². The molecule has 2 fully saturated rings. The number of carbonyl (C=O) groups is 3. The molecule has 2 aliphatic rings. The molecule has 194 valence electrons. The van der Waals surface area contributed by atoms with Crippen molar-refractivity contribution in [1.82, 2.24) is 25.4 Å². The average Bonchev–Trinajstić information content (AvgIpc) is 3.50. The molecule has 2 aromatic rings. The van der Waals surface area contributed by atoms with Crippen molar-refractivity contribution in [2.24, 2.45) is 11.8 Å². The molecule has 0 aromatic carbocycles. The lowest BCUT2D eigenvalue weighted by Gasteiger charge is -2.29. The van der Waals surface area contributed by atoms with Crippen molar-refractivity contribution in [3.63, 3.8) is 0 Å². The third-order valence-electron chi connectivity index (χ3n) is 6.98. The summed E-state index contributed by atoms with van der Waals surface area (Å²) in [5.41, 5.74) is 0.420. The Balaban J connectivity index is 1.47. The third kappa shape index (κ3) is 6.41. The van der Waals surface area contributed by atoms with Gasteiger partial charge >= 0.3 is 0 Å². The van der Waals surface area contributed by atoms with Crippen LogP contribution in [0.15, 0.2) is 30.6 Å². The minimum absolute atomic E-state index is 0.0155. The minimum Gasteiger partial charge on any atom is -0.480 e. The minimum atomic E-state index is -0.724. The number of amides is 3. The summed E-state index contributed by atoms with van der Waals surface area (Å²) < 4.78 is 7.42. The van der Waals surface area contributed by atoms with Crippen LogP contribution in [0.25, 0.3) is 0 Å². The highest BCUT2D eigenvalue weighted by atomic mass is 16.5. The van der Waals surface area contributed by atoms with Crippen LogP contribution in [0.2, 0.25) is 0 Å². The van der Waals surface area contributed by atoms with E-state index in [0.29, 0.717) is 48.5 Å². The molecule has 0 spiro atoms. The maximum absolute atomic E-state index is 13.4. The topological polar surface area (TPSA) is 127 Å². The number of pyridine rings is 1. The van der Waals surface area contributed by atoms with Crippen LogP contribution in [0.4, 0.5) is 5.82 Å². The Labute approximate surface area is 211 Å². The van der Waals surface area contributed by atoms with Gasteiger partial charge in [-0.05, 0) is 44.2 Å². The summed E-state index contributed by atoms with van der Waals surface area (Å²) in [4.78, 5) is 42.6. The van der Waals surface area contributed by atoms with Crippen molar-refractivity contribution in [2.75, 3.05) is 11.9 Å². The first-order valence-corrected chi connectivity index (χ1v) is 12.9. The zero-order chi connectivity index (χ0) is 25.7. The summed E-state index contributed by atoms with van der Waals surface area (Å²) in [7, 11) is 0. The van der Waals surface area contributed by atoms with Crippen LogP contribution in [0.3, 0.4) is 0 Å². The lowest BCUT2D eigenvalue weighted by molar-refractivity contribution is -0.125. The van der Waals surface area contributed by atoms with E-state index in [-0.39, 0.29) is 23.8 Å². The third-order valence-corrected chi connectivity index (χ3v) is 6.98. The Bertz CT molecular complexity index is 1080. The van der Waals surface area contributed by atoms with Gasteiger partial charge in [-0.2, -0.15) is 5.10 Å². The van der Waals surface area contributed by atoms with Crippen molar-refractivity contribution in [3.8, 4) is 5.75 Å². The molecular formula is C26H36N6O4. The predicted octanol–water partition coefficient (Wildman–Crippen LogP) is 3.08. The Kier molecular flexibility index (Phi) is 8.22. The molecule has 36 heavy (non-hydrogen) atoms. The second kappa shape index (κ2) is 11.5. The lowest BCUT2D eigenvalue weighted by atomic mass is 9.80. The number of ether oxygens (including phenoxy) is 1. The molecule has 2 atom stereocenters. The molecule has 1 aliphatic heterocycles. The zero-order valence-corrected chi connectivity index (χ0v) is 21.2. The van der Waals surface area contributed by atoms with Crippen LogP contribution < -0.4 is 20.7 Å². The van der Waals surface area contributed by atoms with Crippen LogP contribution in [0.1, 0.15) is 75.8 Å². The van der Waals surface area contributed by atoms with Crippen molar-refractivity contribution < 1.29 is 19.1 Å². The average molecular weight is 497 g/mol. The quantitative estimate of drug-likeness (QED) is 0.490. The molecule has 10 heteroatoms. The number of nitrogens with zero attached hydrogens (tertiary/aromatic N) is 3. The van der Waals surface area contributed by atoms with E-state index >= 15 is 0 Å². The summed E-state index contributed by atoms with van der Waals surface area (Å²) in [6.45, 7) is 6.74. The first kappa shape index (κ1) is 25.7. The summed E-state index contributed by atoms with van der Waals surface area (Å²) >= 11 is 0. The molecule has 1 saturated heterocycles. The van der Waals surface area contributed by atoms with Crippen molar-refractivity contribution in [1.29, 1.82) is 0 Å². The molecule has 3 heterocycles. The molecule has 1 unspecified atom stereocenters. The first-order chi connectivity index (χ1) is 17.3. The Hall–Kier alpha value is -3.43. The summed E-state index contributed by atoms with van der Waals surface area (Å²) in [6.07, 6.45) is 8.03. The molecule has 0 bridgehead atoms. The van der Waals surface area contributed by atoms with Gasteiger partial charge in [-0.1, -0.05) is 32.6 Å². The molecule has 3 N–H and O–H groups in total. The largest absolute Gasteiger partial charge is 0.480 e. The number of anilines is 1. The zero-order valence-electron chi connectivity index (χ0n) is 21.2. The van der Waals surface area contributed by atoms with Gasteiger partial charge in [0.05, 0.1) is 0 Å². The highest BCUT2D eigenvalue weighted by molar-refractivity contribution is 6.00. The summed E-state index contributed by atoms with van der Waals surface area (Å²) in [5.74, 6) is 0.990. The van der Waals surface area contributed by atoms with E-state index in [0.717, 1.165) is 25.7 Å². The fourth-order valence-electron chi connectivity index (χ4n) is 4.88. The van der Waals surface area contributed by atoms with E-state index in [4.69, 9.17) is 4.74 Å². The second-order valence-corrected chi connectivity index (χ2v) is 10.2. The van der Waals surface area contributed by atoms with E-state index < -0.39 is 12.1 Å². The van der Waals surface area contributed by atoms with Crippen LogP contribution >= 0.6 is 0 Å².